The first kappa shape index (κ1) is 12.7. The second kappa shape index (κ2) is 5.30. The van der Waals surface area contributed by atoms with E-state index in [9.17, 15) is 14.9 Å². The van der Waals surface area contributed by atoms with Crippen molar-refractivity contribution in [2.24, 2.45) is 0 Å². The Balaban J connectivity index is 2.24. The molecular weight excluding hydrogens is 250 g/mol. The lowest BCUT2D eigenvalue weighted by atomic mass is 10.2. The fourth-order valence-corrected chi connectivity index (χ4v) is 1.76. The molecule has 0 aliphatic heterocycles. The van der Waals surface area contributed by atoms with Gasteiger partial charge in [-0.05, 0) is 12.1 Å². The minimum Gasteiger partial charge on any atom is -0.481 e. The molecule has 0 atom stereocenters. The predicted octanol–water partition coefficient (Wildman–Crippen LogP) is 1.35. The van der Waals surface area contributed by atoms with Gasteiger partial charge < -0.3 is 5.11 Å². The summed E-state index contributed by atoms with van der Waals surface area (Å²) in [7, 11) is 0. The molecule has 0 saturated carbocycles. The number of nitro groups is 1. The lowest BCUT2D eigenvalue weighted by Gasteiger charge is -1.99. The van der Waals surface area contributed by atoms with Crippen molar-refractivity contribution in [1.82, 2.24) is 4.98 Å². The molecular formula is C12H12N3O4+. The van der Waals surface area contributed by atoms with E-state index in [0.29, 0.717) is 6.54 Å². The molecule has 7 heteroatoms. The molecule has 0 aliphatic carbocycles. The summed E-state index contributed by atoms with van der Waals surface area (Å²) in [6, 6.07) is 6.08. The number of nitrogens with zero attached hydrogens (tertiary/aromatic N) is 2. The third kappa shape index (κ3) is 2.95. The van der Waals surface area contributed by atoms with Crippen LogP contribution in [0.25, 0.3) is 11.4 Å². The summed E-state index contributed by atoms with van der Waals surface area (Å²) in [5, 5.41) is 19.2. The maximum atomic E-state index is 10.6. The first-order valence-electron chi connectivity index (χ1n) is 5.61. The molecule has 0 spiro atoms. The summed E-state index contributed by atoms with van der Waals surface area (Å²) in [4.78, 5) is 23.7. The number of nitro benzene ring substituents is 1. The van der Waals surface area contributed by atoms with Gasteiger partial charge in [-0.3, -0.25) is 14.9 Å². The number of nitrogens with one attached hydrogen (secondary N) is 1. The Morgan fingerprint density at radius 1 is 1.37 bits per heavy atom. The molecule has 1 aromatic carbocycles. The van der Waals surface area contributed by atoms with E-state index < -0.39 is 10.9 Å². The average molecular weight is 262 g/mol. The van der Waals surface area contributed by atoms with Crippen LogP contribution < -0.4 is 4.57 Å². The summed E-state index contributed by atoms with van der Waals surface area (Å²) >= 11 is 0. The van der Waals surface area contributed by atoms with Crippen molar-refractivity contribution in [3.8, 4) is 11.4 Å². The molecule has 98 valence electrons. The monoisotopic (exact) mass is 262 g/mol. The molecule has 0 radical (unpaired) electrons. The van der Waals surface area contributed by atoms with Crippen LogP contribution in [0.15, 0.2) is 36.7 Å². The van der Waals surface area contributed by atoms with Gasteiger partial charge in [0.1, 0.15) is 18.9 Å². The van der Waals surface area contributed by atoms with Gasteiger partial charge in [0.2, 0.25) is 0 Å². The van der Waals surface area contributed by atoms with Gasteiger partial charge in [0.25, 0.3) is 11.5 Å². The highest BCUT2D eigenvalue weighted by Crippen LogP contribution is 2.18. The highest BCUT2D eigenvalue weighted by atomic mass is 16.6. The normalized spacial score (nSPS) is 10.3. The maximum absolute atomic E-state index is 10.6. The number of imidazole rings is 1. The van der Waals surface area contributed by atoms with Crippen LogP contribution in [0.4, 0.5) is 5.69 Å². The fraction of sp³-hybridized carbons (Fsp3) is 0.167. The second-order valence-electron chi connectivity index (χ2n) is 3.95. The first-order chi connectivity index (χ1) is 9.08. The SMILES string of the molecule is O=C(O)CC[n+]1cc[nH]c1-c1ccc([N+](=O)[O-])cc1. The van der Waals surface area contributed by atoms with Gasteiger partial charge in [-0.25, -0.2) is 9.55 Å². The number of rotatable bonds is 5. The standard InChI is InChI=1S/C12H11N3O4/c16-11(17)5-7-14-8-6-13-12(14)9-1-3-10(4-2-9)15(18)19/h1-4,6,8H,5,7H2,(H,16,17)/p+1. The van der Waals surface area contributed by atoms with Crippen molar-refractivity contribution < 1.29 is 19.4 Å². The molecule has 0 aliphatic rings. The van der Waals surface area contributed by atoms with E-state index in [1.54, 1.807) is 29.1 Å². The average Bonchev–Trinajstić information content (AvgIpc) is 2.84. The summed E-state index contributed by atoms with van der Waals surface area (Å²) < 4.78 is 1.76. The van der Waals surface area contributed by atoms with Crippen molar-refractivity contribution in [1.29, 1.82) is 0 Å². The Kier molecular flexibility index (Phi) is 3.56. The van der Waals surface area contributed by atoms with Crippen LogP contribution >= 0.6 is 0 Å². The van der Waals surface area contributed by atoms with Crippen molar-refractivity contribution in [3.05, 3.63) is 46.8 Å². The Bertz CT molecular complexity index is 604. The first-order valence-corrected chi connectivity index (χ1v) is 5.61. The number of benzene rings is 1. The number of aliphatic carboxylic acids is 1. The van der Waals surface area contributed by atoms with Gasteiger partial charge in [-0.1, -0.05) is 0 Å². The van der Waals surface area contributed by atoms with E-state index in [1.165, 1.54) is 12.1 Å². The third-order valence-corrected chi connectivity index (χ3v) is 2.68. The predicted molar refractivity (Wildman–Crippen MR) is 65.3 cm³/mol. The van der Waals surface area contributed by atoms with Crippen LogP contribution in [0, 0.1) is 10.1 Å². The van der Waals surface area contributed by atoms with Gasteiger partial charge >= 0.3 is 5.97 Å². The Hall–Kier alpha value is -2.70. The van der Waals surface area contributed by atoms with Gasteiger partial charge in [-0.2, -0.15) is 0 Å². The fourth-order valence-electron chi connectivity index (χ4n) is 1.76. The van der Waals surface area contributed by atoms with Crippen molar-refractivity contribution in [3.63, 3.8) is 0 Å². The molecule has 1 aromatic heterocycles. The van der Waals surface area contributed by atoms with Crippen LogP contribution in [-0.2, 0) is 11.3 Å². The Labute approximate surface area is 108 Å². The van der Waals surface area contributed by atoms with E-state index in [0.717, 1.165) is 11.4 Å². The summed E-state index contributed by atoms with van der Waals surface area (Å²) in [6.45, 7) is 0.338. The zero-order chi connectivity index (χ0) is 13.8. The molecule has 0 bridgehead atoms. The van der Waals surface area contributed by atoms with E-state index >= 15 is 0 Å². The van der Waals surface area contributed by atoms with Crippen LogP contribution in [0.2, 0.25) is 0 Å². The van der Waals surface area contributed by atoms with Gasteiger partial charge in [0.15, 0.2) is 0 Å². The summed E-state index contributed by atoms with van der Waals surface area (Å²) in [6.07, 6.45) is 3.45. The van der Waals surface area contributed by atoms with E-state index in [1.807, 2.05) is 0 Å². The lowest BCUT2D eigenvalue weighted by Crippen LogP contribution is -2.34. The molecule has 0 unspecified atom stereocenters. The number of non-ortho nitro benzene ring substituents is 1. The largest absolute Gasteiger partial charge is 0.481 e. The summed E-state index contributed by atoms with van der Waals surface area (Å²) in [5.74, 6) is -0.153. The molecule has 7 nitrogen and oxygen atoms in total. The molecule has 1 heterocycles. The van der Waals surface area contributed by atoms with E-state index in [4.69, 9.17) is 5.11 Å². The quantitative estimate of drug-likeness (QED) is 0.482. The van der Waals surface area contributed by atoms with E-state index in [2.05, 4.69) is 4.98 Å². The molecule has 19 heavy (non-hydrogen) atoms. The third-order valence-electron chi connectivity index (χ3n) is 2.68. The minimum absolute atomic E-state index is 0.0164. The molecule has 2 aromatic rings. The molecule has 2 rings (SSSR count). The van der Waals surface area contributed by atoms with Gasteiger partial charge in [0.05, 0.1) is 16.9 Å². The van der Waals surface area contributed by atoms with Crippen LogP contribution in [0.1, 0.15) is 6.42 Å². The van der Waals surface area contributed by atoms with Crippen molar-refractivity contribution >= 4 is 11.7 Å². The van der Waals surface area contributed by atoms with Crippen molar-refractivity contribution in [2.75, 3.05) is 0 Å². The number of aromatic nitrogens is 2. The number of aromatic amines is 1. The highest BCUT2D eigenvalue weighted by Gasteiger charge is 2.15. The number of aryl methyl sites for hydroxylation is 1. The number of hydrogen-bond donors (Lipinski definition) is 2. The number of hydrogen-bond acceptors (Lipinski definition) is 3. The van der Waals surface area contributed by atoms with Crippen molar-refractivity contribution in [2.45, 2.75) is 13.0 Å². The molecule has 0 saturated heterocycles. The van der Waals surface area contributed by atoms with Gasteiger partial charge in [0, 0.05) is 12.1 Å². The summed E-state index contributed by atoms with van der Waals surface area (Å²) in [5.41, 5.74) is 0.786. The lowest BCUT2D eigenvalue weighted by molar-refractivity contribution is -0.683. The number of carbonyl (C=O) groups is 1. The molecule has 0 fully saturated rings. The van der Waals surface area contributed by atoms with Crippen LogP contribution in [-0.4, -0.2) is 21.0 Å². The van der Waals surface area contributed by atoms with E-state index in [-0.39, 0.29) is 12.1 Å². The Morgan fingerprint density at radius 3 is 2.63 bits per heavy atom. The topological polar surface area (TPSA) is 100 Å². The maximum Gasteiger partial charge on any atom is 0.307 e. The smallest absolute Gasteiger partial charge is 0.307 e. The zero-order valence-electron chi connectivity index (χ0n) is 9.94. The van der Waals surface area contributed by atoms with Crippen LogP contribution in [0.3, 0.4) is 0 Å². The number of H-pyrrole nitrogens is 1. The Morgan fingerprint density at radius 2 is 2.05 bits per heavy atom. The molecule has 2 N–H and O–H groups in total. The molecule has 0 amide bonds. The van der Waals surface area contributed by atoms with Gasteiger partial charge in [-0.15, -0.1) is 0 Å². The highest BCUT2D eigenvalue weighted by molar-refractivity contribution is 5.66. The zero-order valence-corrected chi connectivity index (χ0v) is 9.94. The second-order valence-corrected chi connectivity index (χ2v) is 3.95. The number of carboxylic acid groups (broad SMARTS) is 1. The number of carboxylic acids is 1. The minimum atomic E-state index is -0.872. The van der Waals surface area contributed by atoms with Crippen LogP contribution in [0.5, 0.6) is 0 Å².